The molecule has 4 nitrogen and oxygen atoms in total. The van der Waals surface area contributed by atoms with Crippen molar-refractivity contribution in [1.29, 1.82) is 0 Å². The number of halogens is 1. The van der Waals surface area contributed by atoms with E-state index in [0.717, 1.165) is 41.7 Å². The van der Waals surface area contributed by atoms with Crippen molar-refractivity contribution in [3.63, 3.8) is 0 Å². The summed E-state index contributed by atoms with van der Waals surface area (Å²) >= 11 is 5.98. The van der Waals surface area contributed by atoms with E-state index in [1.165, 1.54) is 0 Å². The summed E-state index contributed by atoms with van der Waals surface area (Å²) in [6.45, 7) is 2.47. The van der Waals surface area contributed by atoms with Gasteiger partial charge in [0.1, 0.15) is 0 Å². The zero-order valence-electron chi connectivity index (χ0n) is 13.3. The second-order valence-corrected chi connectivity index (χ2v) is 5.57. The van der Waals surface area contributed by atoms with E-state index in [0.29, 0.717) is 6.54 Å². The van der Waals surface area contributed by atoms with Crippen LogP contribution in [-0.2, 0) is 6.54 Å². The normalized spacial score (nSPS) is 11.1. The maximum Gasteiger partial charge on any atom is 0.191 e. The van der Waals surface area contributed by atoms with Gasteiger partial charge in [0, 0.05) is 37.4 Å². The first kappa shape index (κ1) is 17.2. The number of rotatable bonds is 7. The van der Waals surface area contributed by atoms with Gasteiger partial charge in [0.05, 0.1) is 0 Å². The lowest BCUT2D eigenvalue weighted by atomic mass is 10.2. The van der Waals surface area contributed by atoms with Gasteiger partial charge in [-0.1, -0.05) is 41.9 Å². The average Bonchev–Trinajstić information content (AvgIpc) is 2.58. The van der Waals surface area contributed by atoms with Crippen molar-refractivity contribution in [2.75, 3.05) is 25.5 Å². The second-order valence-electron chi connectivity index (χ2n) is 5.13. The van der Waals surface area contributed by atoms with Gasteiger partial charge in [-0.25, -0.2) is 0 Å². The molecule has 0 atom stereocenters. The first-order chi connectivity index (χ1) is 11.3. The summed E-state index contributed by atoms with van der Waals surface area (Å²) in [5.41, 5.74) is 2.28. The largest absolute Gasteiger partial charge is 0.385 e. The number of para-hydroxylation sites is 1. The van der Waals surface area contributed by atoms with Crippen LogP contribution in [0.25, 0.3) is 0 Å². The van der Waals surface area contributed by atoms with Crippen molar-refractivity contribution >= 4 is 23.2 Å². The number of anilines is 1. The van der Waals surface area contributed by atoms with Gasteiger partial charge in [-0.05, 0) is 36.2 Å². The van der Waals surface area contributed by atoms with Crippen molar-refractivity contribution in [2.24, 2.45) is 4.99 Å². The fourth-order valence-electron chi connectivity index (χ4n) is 2.14. The second kappa shape index (κ2) is 9.74. The lowest BCUT2D eigenvalue weighted by Crippen LogP contribution is -2.37. The zero-order chi connectivity index (χ0) is 16.3. The maximum atomic E-state index is 5.98. The van der Waals surface area contributed by atoms with Crippen molar-refractivity contribution < 1.29 is 0 Å². The molecular weight excluding hydrogens is 308 g/mol. The Kier molecular flexibility index (Phi) is 7.27. The van der Waals surface area contributed by atoms with E-state index in [9.17, 15) is 0 Å². The fraction of sp³-hybridized carbons (Fsp3) is 0.278. The van der Waals surface area contributed by atoms with Crippen LogP contribution in [0, 0.1) is 0 Å². The van der Waals surface area contributed by atoms with Crippen molar-refractivity contribution in [2.45, 2.75) is 13.0 Å². The quantitative estimate of drug-likeness (QED) is 0.413. The Hall–Kier alpha value is -2.20. The third kappa shape index (κ3) is 6.61. The third-order valence-electron chi connectivity index (χ3n) is 3.32. The summed E-state index contributed by atoms with van der Waals surface area (Å²) in [6, 6.07) is 18.0. The Morgan fingerprint density at radius 3 is 2.57 bits per heavy atom. The molecule has 0 bridgehead atoms. The molecule has 0 unspecified atom stereocenters. The molecular formula is C18H23ClN4. The molecule has 0 heterocycles. The molecule has 0 fully saturated rings. The lowest BCUT2D eigenvalue weighted by molar-refractivity contribution is 0.762. The summed E-state index contributed by atoms with van der Waals surface area (Å²) in [7, 11) is 1.77. The molecule has 2 rings (SSSR count). The van der Waals surface area contributed by atoms with Gasteiger partial charge >= 0.3 is 0 Å². The summed E-state index contributed by atoms with van der Waals surface area (Å²) in [4.78, 5) is 4.22. The topological polar surface area (TPSA) is 48.5 Å². The van der Waals surface area contributed by atoms with Crippen LogP contribution >= 0.6 is 11.6 Å². The smallest absolute Gasteiger partial charge is 0.191 e. The zero-order valence-corrected chi connectivity index (χ0v) is 14.1. The number of aliphatic imine (C=N–C) groups is 1. The lowest BCUT2D eigenvalue weighted by Gasteiger charge is -2.12. The molecule has 0 aliphatic rings. The minimum Gasteiger partial charge on any atom is -0.385 e. The molecule has 2 aromatic carbocycles. The monoisotopic (exact) mass is 330 g/mol. The van der Waals surface area contributed by atoms with Crippen LogP contribution in [0.15, 0.2) is 59.6 Å². The van der Waals surface area contributed by atoms with E-state index in [1.54, 1.807) is 7.05 Å². The van der Waals surface area contributed by atoms with Crippen LogP contribution in [0.4, 0.5) is 5.69 Å². The van der Waals surface area contributed by atoms with Gasteiger partial charge < -0.3 is 16.0 Å². The number of hydrogen-bond donors (Lipinski definition) is 3. The molecule has 0 saturated carbocycles. The first-order valence-electron chi connectivity index (χ1n) is 7.76. The van der Waals surface area contributed by atoms with Gasteiger partial charge in [0.25, 0.3) is 0 Å². The number of nitrogens with zero attached hydrogens (tertiary/aromatic N) is 1. The van der Waals surface area contributed by atoms with Gasteiger partial charge in [-0.2, -0.15) is 0 Å². The average molecular weight is 331 g/mol. The molecule has 5 heteroatoms. The number of hydrogen-bond acceptors (Lipinski definition) is 2. The summed E-state index contributed by atoms with van der Waals surface area (Å²) in [5, 5.41) is 10.7. The van der Waals surface area contributed by atoms with Gasteiger partial charge in [0.15, 0.2) is 5.96 Å². The summed E-state index contributed by atoms with van der Waals surface area (Å²) in [6.07, 6.45) is 1.01. The van der Waals surface area contributed by atoms with E-state index in [-0.39, 0.29) is 0 Å². The molecule has 0 aromatic heterocycles. The van der Waals surface area contributed by atoms with Crippen molar-refractivity contribution in [1.82, 2.24) is 10.6 Å². The SMILES string of the molecule is CN=C(NCCCNc1ccccc1)NCc1cccc(Cl)c1. The fourth-order valence-corrected chi connectivity index (χ4v) is 2.35. The Morgan fingerprint density at radius 2 is 1.83 bits per heavy atom. The molecule has 3 N–H and O–H groups in total. The number of guanidine groups is 1. The molecule has 0 aliphatic heterocycles. The predicted molar refractivity (Wildman–Crippen MR) is 99.2 cm³/mol. The molecule has 23 heavy (non-hydrogen) atoms. The van der Waals surface area contributed by atoms with Crippen molar-refractivity contribution in [3.05, 3.63) is 65.2 Å². The molecule has 2 aromatic rings. The Balaban J connectivity index is 1.63. The molecule has 0 saturated heterocycles. The highest BCUT2D eigenvalue weighted by Gasteiger charge is 1.99. The maximum absolute atomic E-state index is 5.98. The van der Waals surface area contributed by atoms with E-state index in [1.807, 2.05) is 42.5 Å². The molecule has 0 radical (unpaired) electrons. The number of nitrogens with one attached hydrogen (secondary N) is 3. The van der Waals surface area contributed by atoms with Gasteiger partial charge in [-0.3, -0.25) is 4.99 Å². The first-order valence-corrected chi connectivity index (χ1v) is 8.13. The molecule has 122 valence electrons. The van der Waals surface area contributed by atoms with Gasteiger partial charge in [-0.15, -0.1) is 0 Å². The molecule has 0 amide bonds. The summed E-state index contributed by atoms with van der Waals surface area (Å²) < 4.78 is 0. The Bertz CT molecular complexity index is 613. The summed E-state index contributed by atoms with van der Waals surface area (Å²) in [5.74, 6) is 0.796. The van der Waals surface area contributed by atoms with Crippen LogP contribution in [0.1, 0.15) is 12.0 Å². The Morgan fingerprint density at radius 1 is 1.00 bits per heavy atom. The van der Waals surface area contributed by atoms with Crippen LogP contribution in [0.3, 0.4) is 0 Å². The van der Waals surface area contributed by atoms with E-state index >= 15 is 0 Å². The standard InChI is InChI=1S/C18H23ClN4/c1-20-18(23-14-15-7-5-8-16(19)13-15)22-12-6-11-21-17-9-3-2-4-10-17/h2-5,7-10,13,21H,6,11-12,14H2,1H3,(H2,20,22,23). The van der Waals surface area contributed by atoms with E-state index in [4.69, 9.17) is 11.6 Å². The highest BCUT2D eigenvalue weighted by Crippen LogP contribution is 2.10. The minimum atomic E-state index is 0.697. The van der Waals surface area contributed by atoms with Crippen molar-refractivity contribution in [3.8, 4) is 0 Å². The number of benzene rings is 2. The van der Waals surface area contributed by atoms with E-state index in [2.05, 4.69) is 33.1 Å². The van der Waals surface area contributed by atoms with Crippen LogP contribution in [0.2, 0.25) is 5.02 Å². The highest BCUT2D eigenvalue weighted by atomic mass is 35.5. The Labute approximate surface area is 143 Å². The molecule has 0 spiro atoms. The predicted octanol–water partition coefficient (Wildman–Crippen LogP) is 3.51. The van der Waals surface area contributed by atoms with Crippen LogP contribution in [-0.4, -0.2) is 26.1 Å². The third-order valence-corrected chi connectivity index (χ3v) is 3.56. The van der Waals surface area contributed by atoms with Crippen LogP contribution in [0.5, 0.6) is 0 Å². The van der Waals surface area contributed by atoms with Gasteiger partial charge in [0.2, 0.25) is 0 Å². The van der Waals surface area contributed by atoms with Crippen LogP contribution < -0.4 is 16.0 Å². The van der Waals surface area contributed by atoms with E-state index < -0.39 is 0 Å². The highest BCUT2D eigenvalue weighted by molar-refractivity contribution is 6.30. The minimum absolute atomic E-state index is 0.697. The molecule has 0 aliphatic carbocycles.